The Morgan fingerprint density at radius 2 is 1.95 bits per heavy atom. The van der Waals surface area contributed by atoms with Crippen molar-refractivity contribution in [3.63, 3.8) is 0 Å². The van der Waals surface area contributed by atoms with Gasteiger partial charge in [0.1, 0.15) is 5.01 Å². The van der Waals surface area contributed by atoms with Crippen LogP contribution in [0.1, 0.15) is 75.0 Å². The van der Waals surface area contributed by atoms with Crippen molar-refractivity contribution >= 4 is 22.9 Å². The fourth-order valence-corrected chi connectivity index (χ4v) is 5.50. The minimum atomic E-state index is 0.507. The Kier molecular flexibility index (Phi) is 5.23. The maximum absolute atomic E-state index is 5.90. The van der Waals surface area contributed by atoms with Crippen LogP contribution in [0.3, 0.4) is 0 Å². The van der Waals surface area contributed by atoms with Crippen LogP contribution < -0.4 is 0 Å². The smallest absolute Gasteiger partial charge is 0.110 e. The minimum absolute atomic E-state index is 0.507. The van der Waals surface area contributed by atoms with Gasteiger partial charge in [0, 0.05) is 5.38 Å². The zero-order valence-electron chi connectivity index (χ0n) is 13.1. The molecule has 2 aliphatic rings. The lowest BCUT2D eigenvalue weighted by atomic mass is 9.68. The van der Waals surface area contributed by atoms with Gasteiger partial charge in [-0.15, -0.1) is 22.9 Å². The van der Waals surface area contributed by atoms with E-state index in [2.05, 4.69) is 17.2 Å². The Morgan fingerprint density at radius 3 is 2.52 bits per heavy atom. The fourth-order valence-electron chi connectivity index (χ4n) is 4.24. The fraction of sp³-hybridized carbons (Fsp3) is 0.824. The largest absolute Gasteiger partial charge is 0.294 e. The molecule has 3 rings (SSSR count). The summed E-state index contributed by atoms with van der Waals surface area (Å²) < 4.78 is 0. The Bertz CT molecular complexity index is 443. The zero-order valence-corrected chi connectivity index (χ0v) is 14.7. The van der Waals surface area contributed by atoms with Crippen LogP contribution in [0.2, 0.25) is 0 Å². The summed E-state index contributed by atoms with van der Waals surface area (Å²) in [6, 6.07) is 0.507. The molecule has 0 aromatic carbocycles. The topological polar surface area (TPSA) is 16.1 Å². The second kappa shape index (κ2) is 6.97. The van der Waals surface area contributed by atoms with Gasteiger partial charge >= 0.3 is 0 Å². The molecule has 1 aromatic heterocycles. The summed E-state index contributed by atoms with van der Waals surface area (Å²) >= 11 is 7.69. The SMILES string of the molecule is CCC(c1nc(CCl)cs1)N1CCC2(CCCCC2)CC1. The van der Waals surface area contributed by atoms with Crippen molar-refractivity contribution in [1.82, 2.24) is 9.88 Å². The summed E-state index contributed by atoms with van der Waals surface area (Å²) in [6.45, 7) is 4.81. The summed E-state index contributed by atoms with van der Waals surface area (Å²) in [5.74, 6) is 0.538. The van der Waals surface area contributed by atoms with E-state index in [4.69, 9.17) is 16.6 Å². The van der Waals surface area contributed by atoms with E-state index < -0.39 is 0 Å². The van der Waals surface area contributed by atoms with Gasteiger partial charge in [0.2, 0.25) is 0 Å². The molecule has 2 nitrogen and oxygen atoms in total. The molecule has 118 valence electrons. The highest BCUT2D eigenvalue weighted by atomic mass is 35.5. The van der Waals surface area contributed by atoms with Crippen molar-refractivity contribution in [2.45, 2.75) is 70.2 Å². The molecule has 1 spiro atoms. The van der Waals surface area contributed by atoms with E-state index in [1.807, 2.05) is 0 Å². The summed E-state index contributed by atoms with van der Waals surface area (Å²) in [5, 5.41) is 3.39. The number of aromatic nitrogens is 1. The number of halogens is 1. The van der Waals surface area contributed by atoms with Crippen LogP contribution in [0.15, 0.2) is 5.38 Å². The predicted octanol–water partition coefficient (Wildman–Crippen LogP) is 5.38. The van der Waals surface area contributed by atoms with Crippen molar-refractivity contribution in [1.29, 1.82) is 0 Å². The third kappa shape index (κ3) is 3.46. The molecule has 0 radical (unpaired) electrons. The van der Waals surface area contributed by atoms with Gasteiger partial charge in [-0.3, -0.25) is 4.90 Å². The Balaban J connectivity index is 1.63. The lowest BCUT2D eigenvalue weighted by Gasteiger charge is -2.46. The van der Waals surface area contributed by atoms with Crippen molar-refractivity contribution in [2.75, 3.05) is 13.1 Å². The van der Waals surface area contributed by atoms with Gasteiger partial charge in [0.15, 0.2) is 0 Å². The minimum Gasteiger partial charge on any atom is -0.294 e. The van der Waals surface area contributed by atoms with Crippen molar-refractivity contribution in [3.8, 4) is 0 Å². The molecular formula is C17H27ClN2S. The molecule has 2 heterocycles. The molecule has 4 heteroatoms. The summed E-state index contributed by atoms with van der Waals surface area (Å²) in [5.41, 5.74) is 1.73. The van der Waals surface area contributed by atoms with Crippen LogP contribution in [0.5, 0.6) is 0 Å². The first-order valence-corrected chi connectivity index (χ1v) is 9.92. The average molecular weight is 327 g/mol. The molecule has 1 saturated heterocycles. The predicted molar refractivity (Wildman–Crippen MR) is 91.0 cm³/mol. The second-order valence-corrected chi connectivity index (χ2v) is 7.99. The third-order valence-corrected chi connectivity index (χ3v) is 6.86. The van der Waals surface area contributed by atoms with Gasteiger partial charge in [-0.1, -0.05) is 26.2 Å². The molecule has 0 amide bonds. The van der Waals surface area contributed by atoms with Gasteiger partial charge in [-0.2, -0.15) is 0 Å². The zero-order chi connectivity index (χ0) is 14.7. The highest BCUT2D eigenvalue weighted by Gasteiger charge is 2.37. The van der Waals surface area contributed by atoms with Gasteiger partial charge < -0.3 is 0 Å². The van der Waals surface area contributed by atoms with E-state index >= 15 is 0 Å². The van der Waals surface area contributed by atoms with E-state index in [-0.39, 0.29) is 0 Å². The Labute approximate surface area is 137 Å². The first kappa shape index (κ1) is 15.8. The lowest BCUT2D eigenvalue weighted by Crippen LogP contribution is -2.42. The highest BCUT2D eigenvalue weighted by molar-refractivity contribution is 7.09. The molecular weight excluding hydrogens is 300 g/mol. The molecule has 1 unspecified atom stereocenters. The van der Waals surface area contributed by atoms with Gasteiger partial charge in [-0.25, -0.2) is 4.98 Å². The second-order valence-electron chi connectivity index (χ2n) is 6.83. The quantitative estimate of drug-likeness (QED) is 0.690. The van der Waals surface area contributed by atoms with E-state index in [9.17, 15) is 0 Å². The molecule has 0 bridgehead atoms. The van der Waals surface area contributed by atoms with Crippen LogP contribution >= 0.6 is 22.9 Å². The first-order chi connectivity index (χ1) is 10.3. The monoisotopic (exact) mass is 326 g/mol. The highest BCUT2D eigenvalue weighted by Crippen LogP contribution is 2.46. The van der Waals surface area contributed by atoms with Gasteiger partial charge in [-0.05, 0) is 50.6 Å². The van der Waals surface area contributed by atoms with Crippen LogP contribution in [0, 0.1) is 5.41 Å². The molecule has 2 fully saturated rings. The number of piperidine rings is 1. The van der Waals surface area contributed by atoms with Gasteiger partial charge in [0.05, 0.1) is 17.6 Å². The number of alkyl halides is 1. The summed E-state index contributed by atoms with van der Waals surface area (Å²) in [6.07, 6.45) is 11.3. The molecule has 1 atom stereocenters. The van der Waals surface area contributed by atoms with E-state index in [1.54, 1.807) is 11.3 Å². The number of likely N-dealkylation sites (tertiary alicyclic amines) is 1. The standard InChI is InChI=1S/C17H27ClN2S/c1-2-15(16-19-14(12-18)13-21-16)20-10-8-17(9-11-20)6-4-3-5-7-17/h13,15H,2-12H2,1H3. The number of rotatable bonds is 4. The van der Waals surface area contributed by atoms with Crippen molar-refractivity contribution in [3.05, 3.63) is 16.1 Å². The summed E-state index contributed by atoms with van der Waals surface area (Å²) in [4.78, 5) is 7.40. The molecule has 1 aromatic rings. The third-order valence-electron chi connectivity index (χ3n) is 5.59. The number of hydrogen-bond acceptors (Lipinski definition) is 3. The van der Waals surface area contributed by atoms with Crippen LogP contribution in [-0.2, 0) is 5.88 Å². The molecule has 1 saturated carbocycles. The number of hydrogen-bond donors (Lipinski definition) is 0. The summed E-state index contributed by atoms with van der Waals surface area (Å²) in [7, 11) is 0. The van der Waals surface area contributed by atoms with E-state index in [0.717, 1.165) is 12.1 Å². The molecule has 1 aliphatic heterocycles. The number of nitrogens with zero attached hydrogens (tertiary/aromatic N) is 2. The molecule has 1 aliphatic carbocycles. The van der Waals surface area contributed by atoms with Crippen molar-refractivity contribution in [2.24, 2.45) is 5.41 Å². The van der Waals surface area contributed by atoms with Crippen LogP contribution in [0.4, 0.5) is 0 Å². The van der Waals surface area contributed by atoms with Crippen LogP contribution in [0.25, 0.3) is 0 Å². The normalized spacial score (nSPS) is 24.3. The maximum atomic E-state index is 5.90. The maximum Gasteiger partial charge on any atom is 0.110 e. The van der Waals surface area contributed by atoms with Gasteiger partial charge in [0.25, 0.3) is 0 Å². The average Bonchev–Trinajstić information content (AvgIpc) is 3.00. The van der Waals surface area contributed by atoms with E-state index in [1.165, 1.54) is 63.0 Å². The lowest BCUT2D eigenvalue weighted by molar-refractivity contribution is 0.0434. The Hall–Kier alpha value is -0.120. The first-order valence-electron chi connectivity index (χ1n) is 8.51. The molecule has 21 heavy (non-hydrogen) atoms. The number of thiazole rings is 1. The van der Waals surface area contributed by atoms with E-state index in [0.29, 0.717) is 17.3 Å². The van der Waals surface area contributed by atoms with Crippen molar-refractivity contribution < 1.29 is 0 Å². The van der Waals surface area contributed by atoms with Crippen LogP contribution in [-0.4, -0.2) is 23.0 Å². The molecule has 0 N–H and O–H groups in total. The Morgan fingerprint density at radius 1 is 1.24 bits per heavy atom.